The third kappa shape index (κ3) is 3.39. The molecule has 0 spiro atoms. The molecule has 0 bridgehead atoms. The number of nitrogens with two attached hydrogens (primary N) is 1. The molecule has 1 aliphatic rings. The van der Waals surface area contributed by atoms with Gasteiger partial charge in [0.15, 0.2) is 6.29 Å². The fourth-order valence-corrected chi connectivity index (χ4v) is 3.46. The molecule has 0 saturated carbocycles. The van der Waals surface area contributed by atoms with Gasteiger partial charge in [-0.2, -0.15) is 0 Å². The van der Waals surface area contributed by atoms with Crippen molar-refractivity contribution in [3.05, 3.63) is 60.2 Å². The normalized spacial score (nSPS) is 27.0. The summed E-state index contributed by atoms with van der Waals surface area (Å²) < 4.78 is 11.6. The molecule has 3 N–H and O–H groups in total. The van der Waals surface area contributed by atoms with E-state index in [9.17, 15) is 5.11 Å². The molecule has 1 aliphatic heterocycles. The summed E-state index contributed by atoms with van der Waals surface area (Å²) in [7, 11) is 0. The summed E-state index contributed by atoms with van der Waals surface area (Å²) in [6, 6.07) is 18.8. The van der Waals surface area contributed by atoms with Crippen LogP contribution in [0, 0.1) is 0 Å². The zero-order chi connectivity index (χ0) is 17.4. The van der Waals surface area contributed by atoms with Crippen LogP contribution in [0.1, 0.15) is 18.9 Å². The van der Waals surface area contributed by atoms with Crippen molar-refractivity contribution in [2.75, 3.05) is 0 Å². The molecular weight excluding hydrogens is 314 g/mol. The van der Waals surface area contributed by atoms with Crippen LogP contribution in [-0.2, 0) is 16.1 Å². The summed E-state index contributed by atoms with van der Waals surface area (Å²) in [6.07, 6.45) is -0.810. The summed E-state index contributed by atoms with van der Waals surface area (Å²) >= 11 is 0. The van der Waals surface area contributed by atoms with Crippen LogP contribution in [0.15, 0.2) is 54.6 Å². The van der Waals surface area contributed by atoms with Gasteiger partial charge in [0, 0.05) is 12.5 Å². The van der Waals surface area contributed by atoms with Gasteiger partial charge in [-0.05, 0) is 52.2 Å². The van der Waals surface area contributed by atoms with Crippen LogP contribution in [0.3, 0.4) is 0 Å². The first-order valence-corrected chi connectivity index (χ1v) is 8.72. The van der Waals surface area contributed by atoms with Crippen LogP contribution < -0.4 is 5.73 Å². The quantitative estimate of drug-likeness (QED) is 0.720. The highest BCUT2D eigenvalue weighted by Gasteiger charge is 2.33. The summed E-state index contributed by atoms with van der Waals surface area (Å²) in [5.74, 6) is 0. The Hall–Kier alpha value is -1.98. The summed E-state index contributed by atoms with van der Waals surface area (Å²) in [4.78, 5) is 0. The van der Waals surface area contributed by atoms with Crippen LogP contribution in [0.5, 0.6) is 0 Å². The molecule has 130 valence electrons. The van der Waals surface area contributed by atoms with E-state index in [2.05, 4.69) is 54.6 Å². The van der Waals surface area contributed by atoms with Crippen molar-refractivity contribution >= 4 is 21.5 Å². The van der Waals surface area contributed by atoms with E-state index in [0.29, 0.717) is 13.0 Å². The molecule has 4 rings (SSSR count). The molecular formula is C21H23NO3. The summed E-state index contributed by atoms with van der Waals surface area (Å²) in [5.41, 5.74) is 7.04. The van der Waals surface area contributed by atoms with Gasteiger partial charge in [0.25, 0.3) is 0 Å². The van der Waals surface area contributed by atoms with Gasteiger partial charge in [-0.25, -0.2) is 0 Å². The molecule has 1 heterocycles. The van der Waals surface area contributed by atoms with Crippen molar-refractivity contribution in [2.24, 2.45) is 5.73 Å². The second-order valence-electron chi connectivity index (χ2n) is 6.85. The van der Waals surface area contributed by atoms with E-state index in [4.69, 9.17) is 15.2 Å². The average molecular weight is 337 g/mol. The fraction of sp³-hybridized carbons (Fsp3) is 0.333. The highest BCUT2D eigenvalue weighted by molar-refractivity contribution is 5.98. The average Bonchev–Trinajstić information content (AvgIpc) is 2.62. The molecule has 3 aromatic carbocycles. The second-order valence-corrected chi connectivity index (χ2v) is 6.85. The zero-order valence-corrected chi connectivity index (χ0v) is 14.3. The van der Waals surface area contributed by atoms with Crippen molar-refractivity contribution in [1.82, 2.24) is 0 Å². The summed E-state index contributed by atoms with van der Waals surface area (Å²) in [6.45, 7) is 2.28. The van der Waals surface area contributed by atoms with Crippen LogP contribution in [0.2, 0.25) is 0 Å². The number of hydrogen-bond donors (Lipinski definition) is 2. The lowest BCUT2D eigenvalue weighted by Gasteiger charge is -2.35. The number of fused-ring (bicyclic) bond motifs is 2. The predicted octanol–water partition coefficient (Wildman–Crippen LogP) is 3.33. The lowest BCUT2D eigenvalue weighted by atomic mass is 10.0. The van der Waals surface area contributed by atoms with Gasteiger partial charge in [0.1, 0.15) is 0 Å². The Labute approximate surface area is 147 Å². The highest BCUT2D eigenvalue weighted by Crippen LogP contribution is 2.25. The molecule has 0 unspecified atom stereocenters. The highest BCUT2D eigenvalue weighted by atomic mass is 16.7. The third-order valence-corrected chi connectivity index (χ3v) is 4.96. The number of hydrogen-bond acceptors (Lipinski definition) is 4. The van der Waals surface area contributed by atoms with Gasteiger partial charge in [0.2, 0.25) is 0 Å². The maximum atomic E-state index is 9.85. The third-order valence-electron chi connectivity index (χ3n) is 4.96. The maximum absolute atomic E-state index is 9.85. The summed E-state index contributed by atoms with van der Waals surface area (Å²) in [5, 5.41) is 14.7. The minimum Gasteiger partial charge on any atom is -0.389 e. The number of aliphatic hydroxyl groups excluding tert-OH is 1. The Morgan fingerprint density at radius 2 is 1.72 bits per heavy atom. The molecule has 0 aliphatic carbocycles. The number of rotatable bonds is 3. The van der Waals surface area contributed by atoms with Gasteiger partial charge in [-0.1, -0.05) is 36.4 Å². The number of ether oxygens (including phenoxy) is 2. The predicted molar refractivity (Wildman–Crippen MR) is 99.2 cm³/mol. The number of benzene rings is 3. The molecule has 4 nitrogen and oxygen atoms in total. The van der Waals surface area contributed by atoms with Gasteiger partial charge >= 0.3 is 0 Å². The molecule has 0 radical (unpaired) electrons. The van der Waals surface area contributed by atoms with Crippen molar-refractivity contribution in [3.8, 4) is 0 Å². The van der Waals surface area contributed by atoms with E-state index in [1.165, 1.54) is 21.5 Å². The first-order chi connectivity index (χ1) is 12.1. The monoisotopic (exact) mass is 337 g/mol. The molecule has 4 heteroatoms. The van der Waals surface area contributed by atoms with Crippen LogP contribution in [0.4, 0.5) is 0 Å². The molecule has 0 amide bonds. The van der Waals surface area contributed by atoms with E-state index >= 15 is 0 Å². The molecule has 1 fully saturated rings. The Morgan fingerprint density at radius 1 is 1.04 bits per heavy atom. The van der Waals surface area contributed by atoms with E-state index in [-0.39, 0.29) is 18.4 Å². The van der Waals surface area contributed by atoms with Crippen molar-refractivity contribution < 1.29 is 14.6 Å². The lowest BCUT2D eigenvalue weighted by Crippen LogP contribution is -2.51. The van der Waals surface area contributed by atoms with E-state index in [1.54, 1.807) is 0 Å². The minimum atomic E-state index is -0.631. The lowest BCUT2D eigenvalue weighted by molar-refractivity contribution is -0.226. The maximum Gasteiger partial charge on any atom is 0.160 e. The van der Waals surface area contributed by atoms with Gasteiger partial charge in [-0.3, -0.25) is 0 Å². The van der Waals surface area contributed by atoms with Crippen molar-refractivity contribution in [1.29, 1.82) is 0 Å². The van der Waals surface area contributed by atoms with E-state index in [1.807, 2.05) is 6.92 Å². The molecule has 4 atom stereocenters. The van der Waals surface area contributed by atoms with E-state index in [0.717, 1.165) is 5.56 Å². The molecule has 1 saturated heterocycles. The minimum absolute atomic E-state index is 0.309. The van der Waals surface area contributed by atoms with Crippen LogP contribution >= 0.6 is 0 Å². The zero-order valence-electron chi connectivity index (χ0n) is 14.3. The van der Waals surface area contributed by atoms with Crippen molar-refractivity contribution in [3.63, 3.8) is 0 Å². The SMILES string of the molecule is C[C@H]1O[C@H](OCc2ccc3cc4ccccc4cc3c2)C[C@@H](N)[C@@H]1O. The Morgan fingerprint density at radius 3 is 2.44 bits per heavy atom. The van der Waals surface area contributed by atoms with Gasteiger partial charge in [-0.15, -0.1) is 0 Å². The number of aliphatic hydroxyl groups is 1. The standard InChI is InChI=1S/C21H23NO3/c1-13-21(23)19(22)11-20(25-13)24-12-14-6-7-17-9-15-4-2-3-5-16(15)10-18(17)8-14/h2-10,13,19-21,23H,11-12,22H2,1H3/t13-,19-,20+,21-/m1/s1. The Balaban J connectivity index is 1.51. The van der Waals surface area contributed by atoms with E-state index < -0.39 is 6.10 Å². The van der Waals surface area contributed by atoms with Gasteiger partial charge < -0.3 is 20.3 Å². The topological polar surface area (TPSA) is 64.7 Å². The molecule has 25 heavy (non-hydrogen) atoms. The fourth-order valence-electron chi connectivity index (χ4n) is 3.46. The second kappa shape index (κ2) is 6.73. The van der Waals surface area contributed by atoms with Gasteiger partial charge in [0.05, 0.1) is 18.8 Å². The van der Waals surface area contributed by atoms with Crippen LogP contribution in [-0.4, -0.2) is 29.6 Å². The smallest absolute Gasteiger partial charge is 0.160 e. The first kappa shape index (κ1) is 16.5. The first-order valence-electron chi connectivity index (χ1n) is 8.72. The largest absolute Gasteiger partial charge is 0.389 e. The Bertz CT molecular complexity index is 883. The molecule has 0 aromatic heterocycles. The van der Waals surface area contributed by atoms with Crippen molar-refractivity contribution in [2.45, 2.75) is 44.5 Å². The van der Waals surface area contributed by atoms with Crippen LogP contribution in [0.25, 0.3) is 21.5 Å². The Kier molecular flexibility index (Phi) is 4.44. The molecule has 3 aromatic rings.